The van der Waals surface area contributed by atoms with Crippen LogP contribution >= 0.6 is 11.6 Å². The van der Waals surface area contributed by atoms with E-state index in [0.717, 1.165) is 5.56 Å². The number of carbonyl (C=O) groups excluding carboxylic acids is 1. The number of benzene rings is 2. The summed E-state index contributed by atoms with van der Waals surface area (Å²) in [5.74, 6) is -0.378. The Labute approximate surface area is 167 Å². The second-order valence-electron chi connectivity index (χ2n) is 5.94. The van der Waals surface area contributed by atoms with E-state index < -0.39 is 16.0 Å². The Morgan fingerprint density at radius 1 is 1.11 bits per heavy atom. The number of hydrogen-bond donors (Lipinski definition) is 2. The molecule has 4 N–H and O–H groups in total. The van der Waals surface area contributed by atoms with E-state index in [1.165, 1.54) is 12.1 Å². The van der Waals surface area contributed by atoms with Gasteiger partial charge in [0, 0.05) is 22.5 Å². The number of nitrogens with zero attached hydrogens (tertiary/aromatic N) is 1. The zero-order valence-electron chi connectivity index (χ0n) is 14.9. The van der Waals surface area contributed by atoms with Crippen molar-refractivity contribution in [2.75, 3.05) is 12.3 Å². The van der Waals surface area contributed by atoms with Crippen LogP contribution in [-0.4, -0.2) is 25.6 Å². The van der Waals surface area contributed by atoms with Crippen molar-refractivity contribution in [2.24, 2.45) is 5.14 Å². The first-order chi connectivity index (χ1) is 13.2. The van der Waals surface area contributed by atoms with E-state index in [4.69, 9.17) is 27.2 Å². The molecule has 28 heavy (non-hydrogen) atoms. The Balaban J connectivity index is 2.16. The summed E-state index contributed by atoms with van der Waals surface area (Å²) in [6.07, 6.45) is 1.69. The smallest absolute Gasteiger partial charge is 0.342 e. The minimum atomic E-state index is -3.81. The zero-order valence-corrected chi connectivity index (χ0v) is 16.5. The second kappa shape index (κ2) is 7.67. The fraction of sp³-hybridized carbons (Fsp3) is 0.105. The van der Waals surface area contributed by atoms with Crippen LogP contribution in [0.3, 0.4) is 0 Å². The third-order valence-electron chi connectivity index (χ3n) is 4.12. The molecule has 1 aromatic heterocycles. The molecule has 0 fully saturated rings. The first-order valence-electron chi connectivity index (χ1n) is 8.29. The van der Waals surface area contributed by atoms with Crippen LogP contribution in [0, 0.1) is 0 Å². The number of halogens is 1. The monoisotopic (exact) mass is 419 g/mol. The molecule has 0 bridgehead atoms. The highest BCUT2D eigenvalue weighted by Gasteiger charge is 2.23. The average Bonchev–Trinajstić information content (AvgIpc) is 2.99. The maximum Gasteiger partial charge on any atom is 0.342 e. The van der Waals surface area contributed by atoms with Crippen LogP contribution in [0.2, 0.25) is 5.02 Å². The molecule has 0 amide bonds. The van der Waals surface area contributed by atoms with E-state index in [0.29, 0.717) is 16.3 Å². The van der Waals surface area contributed by atoms with Gasteiger partial charge in [0.2, 0.25) is 10.0 Å². The van der Waals surface area contributed by atoms with Crippen molar-refractivity contribution in [1.29, 1.82) is 0 Å². The van der Waals surface area contributed by atoms with Gasteiger partial charge in [-0.1, -0.05) is 23.7 Å². The predicted octanol–water partition coefficient (Wildman–Crippen LogP) is 3.20. The van der Waals surface area contributed by atoms with Crippen molar-refractivity contribution >= 4 is 33.4 Å². The average molecular weight is 420 g/mol. The van der Waals surface area contributed by atoms with Gasteiger partial charge in [-0.3, -0.25) is 0 Å². The number of nitrogen functional groups attached to an aromatic ring is 1. The quantitative estimate of drug-likeness (QED) is 0.615. The molecule has 3 rings (SSSR count). The number of esters is 1. The Bertz CT molecular complexity index is 1120. The fourth-order valence-electron chi connectivity index (χ4n) is 2.80. The maximum atomic E-state index is 12.5. The van der Waals surface area contributed by atoms with Gasteiger partial charge in [-0.25, -0.2) is 18.4 Å². The number of aromatic nitrogens is 1. The molecule has 0 saturated heterocycles. The summed E-state index contributed by atoms with van der Waals surface area (Å²) in [4.78, 5) is 12.5. The third-order valence-corrected chi connectivity index (χ3v) is 5.30. The molecule has 9 heteroatoms. The maximum absolute atomic E-state index is 12.5. The molecule has 3 aromatic rings. The molecule has 0 radical (unpaired) electrons. The predicted molar refractivity (Wildman–Crippen MR) is 108 cm³/mol. The summed E-state index contributed by atoms with van der Waals surface area (Å²) in [6.45, 7) is 1.91. The van der Waals surface area contributed by atoms with Crippen LogP contribution in [0.1, 0.15) is 17.3 Å². The van der Waals surface area contributed by atoms with Crippen LogP contribution < -0.4 is 10.9 Å². The van der Waals surface area contributed by atoms with Gasteiger partial charge in [0.25, 0.3) is 0 Å². The van der Waals surface area contributed by atoms with Crippen molar-refractivity contribution in [2.45, 2.75) is 11.8 Å². The molecule has 0 aliphatic heterocycles. The number of ether oxygens (including phenoxy) is 1. The summed E-state index contributed by atoms with van der Waals surface area (Å²) in [7, 11) is -3.81. The summed E-state index contributed by atoms with van der Waals surface area (Å²) in [5, 5.41) is 5.70. The molecule has 1 heterocycles. The molecule has 0 aliphatic rings. The molecular weight excluding hydrogens is 402 g/mol. The Morgan fingerprint density at radius 3 is 2.25 bits per heavy atom. The van der Waals surface area contributed by atoms with Crippen molar-refractivity contribution in [3.8, 4) is 16.8 Å². The number of carbonyl (C=O) groups is 1. The number of anilines is 1. The largest absolute Gasteiger partial charge is 0.462 e. The van der Waals surface area contributed by atoms with Gasteiger partial charge in [-0.2, -0.15) is 0 Å². The summed E-state index contributed by atoms with van der Waals surface area (Å²) < 4.78 is 29.6. The highest BCUT2D eigenvalue weighted by molar-refractivity contribution is 7.89. The van der Waals surface area contributed by atoms with E-state index in [1.807, 2.05) is 0 Å². The second-order valence-corrected chi connectivity index (χ2v) is 7.94. The summed E-state index contributed by atoms with van der Waals surface area (Å²) in [5.41, 5.74) is 8.35. The number of rotatable bonds is 5. The van der Waals surface area contributed by atoms with E-state index >= 15 is 0 Å². The number of hydrogen-bond acceptors (Lipinski definition) is 5. The standard InChI is InChI=1S/C19H18ClN3O4S/c1-2-27-19(24)17-16(12-3-5-13(20)6-4-12)11-23(18(17)21)14-7-9-15(10-8-14)28(22,25)26/h3-11H,2,21H2,1H3,(H2,22,25,26). The van der Waals surface area contributed by atoms with E-state index in [-0.39, 0.29) is 22.9 Å². The number of primary sulfonamides is 1. The lowest BCUT2D eigenvalue weighted by molar-refractivity contribution is 0.0528. The molecule has 146 valence electrons. The van der Waals surface area contributed by atoms with Crippen LogP contribution in [-0.2, 0) is 14.8 Å². The van der Waals surface area contributed by atoms with Gasteiger partial charge >= 0.3 is 5.97 Å². The molecular formula is C19H18ClN3O4S. The third kappa shape index (κ3) is 3.89. The van der Waals surface area contributed by atoms with Gasteiger partial charge in [0.05, 0.1) is 11.5 Å². The van der Waals surface area contributed by atoms with Crippen LogP contribution in [0.15, 0.2) is 59.6 Å². The Hall–Kier alpha value is -2.81. The number of nitrogens with two attached hydrogens (primary N) is 2. The summed E-state index contributed by atoms with van der Waals surface area (Å²) >= 11 is 5.95. The topological polar surface area (TPSA) is 117 Å². The van der Waals surface area contributed by atoms with Crippen molar-refractivity contribution in [3.05, 3.63) is 65.3 Å². The lowest BCUT2D eigenvalue weighted by Crippen LogP contribution is -2.12. The lowest BCUT2D eigenvalue weighted by Gasteiger charge is -2.08. The molecule has 0 spiro atoms. The molecule has 7 nitrogen and oxygen atoms in total. The van der Waals surface area contributed by atoms with Gasteiger partial charge in [0.15, 0.2) is 0 Å². The highest BCUT2D eigenvalue weighted by atomic mass is 35.5. The van der Waals surface area contributed by atoms with E-state index in [2.05, 4.69) is 0 Å². The first-order valence-corrected chi connectivity index (χ1v) is 10.2. The Morgan fingerprint density at radius 2 is 1.71 bits per heavy atom. The van der Waals surface area contributed by atoms with Gasteiger partial charge < -0.3 is 15.0 Å². The van der Waals surface area contributed by atoms with Crippen LogP contribution in [0.25, 0.3) is 16.8 Å². The van der Waals surface area contributed by atoms with Crippen molar-refractivity contribution < 1.29 is 17.9 Å². The fourth-order valence-corrected chi connectivity index (χ4v) is 3.44. The minimum absolute atomic E-state index is 0.0227. The Kier molecular flexibility index (Phi) is 5.46. The van der Waals surface area contributed by atoms with Crippen LogP contribution in [0.5, 0.6) is 0 Å². The lowest BCUT2D eigenvalue weighted by atomic mass is 10.0. The van der Waals surface area contributed by atoms with Gasteiger partial charge in [-0.15, -0.1) is 0 Å². The molecule has 0 atom stereocenters. The first kappa shape index (κ1) is 19.9. The zero-order chi connectivity index (χ0) is 20.5. The minimum Gasteiger partial charge on any atom is -0.462 e. The van der Waals surface area contributed by atoms with E-state index in [9.17, 15) is 13.2 Å². The molecule has 0 aliphatic carbocycles. The molecule has 2 aromatic carbocycles. The van der Waals surface area contributed by atoms with Crippen molar-refractivity contribution in [1.82, 2.24) is 4.57 Å². The SMILES string of the molecule is CCOC(=O)c1c(-c2ccc(Cl)cc2)cn(-c2ccc(S(N)(=O)=O)cc2)c1N. The highest BCUT2D eigenvalue weighted by Crippen LogP contribution is 2.33. The van der Waals surface area contributed by atoms with Gasteiger partial charge in [0.1, 0.15) is 11.4 Å². The number of sulfonamides is 1. The van der Waals surface area contributed by atoms with Gasteiger partial charge in [-0.05, 0) is 48.9 Å². The van der Waals surface area contributed by atoms with Crippen LogP contribution in [0.4, 0.5) is 5.82 Å². The van der Waals surface area contributed by atoms with Crippen molar-refractivity contribution in [3.63, 3.8) is 0 Å². The normalized spacial score (nSPS) is 11.4. The molecule has 0 saturated carbocycles. The summed E-state index contributed by atoms with van der Waals surface area (Å²) in [6, 6.07) is 12.8. The van der Waals surface area contributed by atoms with E-state index in [1.54, 1.807) is 54.1 Å². The molecule has 0 unspecified atom stereocenters.